The zero-order chi connectivity index (χ0) is 15.2. The van der Waals surface area contributed by atoms with Gasteiger partial charge in [-0.1, -0.05) is 55.0 Å². The number of carbonyl (C=O) groups excluding carboxylic acids is 1. The molecule has 0 spiro atoms. The van der Waals surface area contributed by atoms with Crippen LogP contribution in [-0.2, 0) is 11.2 Å². The fourth-order valence-corrected chi connectivity index (χ4v) is 2.69. The second-order valence-corrected chi connectivity index (χ2v) is 6.39. The molecule has 5 heteroatoms. The van der Waals surface area contributed by atoms with Crippen LogP contribution in [0.1, 0.15) is 30.0 Å². The van der Waals surface area contributed by atoms with Crippen LogP contribution in [0.4, 0.5) is 5.13 Å². The number of anilines is 1. The van der Waals surface area contributed by atoms with Crippen molar-refractivity contribution in [1.29, 1.82) is 0 Å². The van der Waals surface area contributed by atoms with Gasteiger partial charge in [0.05, 0.1) is 0 Å². The Labute approximate surface area is 128 Å². The smallest absolute Gasteiger partial charge is 0.250 e. The van der Waals surface area contributed by atoms with Gasteiger partial charge in [0.2, 0.25) is 11.0 Å². The van der Waals surface area contributed by atoms with E-state index in [1.165, 1.54) is 23.0 Å². The Balaban J connectivity index is 1.92. The maximum Gasteiger partial charge on any atom is 0.250 e. The quantitative estimate of drug-likeness (QED) is 0.857. The van der Waals surface area contributed by atoms with Gasteiger partial charge in [-0.05, 0) is 24.5 Å². The fourth-order valence-electron chi connectivity index (χ4n) is 1.73. The number of amides is 1. The molecule has 1 N–H and O–H groups in total. The predicted octanol–water partition coefficient (Wildman–Crippen LogP) is 3.70. The molecule has 1 heterocycles. The van der Waals surface area contributed by atoms with Crippen LogP contribution in [0.15, 0.2) is 30.3 Å². The highest BCUT2D eigenvalue weighted by Crippen LogP contribution is 2.18. The third-order valence-electron chi connectivity index (χ3n) is 2.78. The fraction of sp³-hybridized carbons (Fsp3) is 0.312. The average molecular weight is 301 g/mol. The van der Waals surface area contributed by atoms with Crippen molar-refractivity contribution in [2.75, 3.05) is 5.32 Å². The number of carbonyl (C=O) groups is 1. The lowest BCUT2D eigenvalue weighted by Gasteiger charge is -1.97. The Bertz CT molecular complexity index is 629. The first-order valence-electron chi connectivity index (χ1n) is 6.91. The number of nitrogens with one attached hydrogen (secondary N) is 1. The standard InChI is InChI=1S/C16H19N3OS/c1-11(2)10-15-18-19-16(21-15)17-14(20)9-8-13-6-4-12(3)5-7-13/h4-9,11H,10H2,1-3H3,(H,17,19,20). The Morgan fingerprint density at radius 2 is 2.00 bits per heavy atom. The van der Waals surface area contributed by atoms with E-state index in [0.29, 0.717) is 11.0 Å². The van der Waals surface area contributed by atoms with Gasteiger partial charge in [-0.15, -0.1) is 10.2 Å². The van der Waals surface area contributed by atoms with Crippen LogP contribution in [0, 0.1) is 12.8 Å². The topological polar surface area (TPSA) is 54.9 Å². The van der Waals surface area contributed by atoms with Gasteiger partial charge in [-0.25, -0.2) is 0 Å². The van der Waals surface area contributed by atoms with Crippen LogP contribution in [0.2, 0.25) is 0 Å². The van der Waals surface area contributed by atoms with Crippen LogP contribution in [-0.4, -0.2) is 16.1 Å². The lowest BCUT2D eigenvalue weighted by Crippen LogP contribution is -2.07. The Kier molecular flexibility index (Phi) is 5.22. The number of aryl methyl sites for hydroxylation is 1. The SMILES string of the molecule is Cc1ccc(C=CC(=O)Nc2nnc(CC(C)C)s2)cc1. The molecule has 0 bridgehead atoms. The van der Waals surface area contributed by atoms with Crippen molar-refractivity contribution in [3.8, 4) is 0 Å². The number of hydrogen-bond donors (Lipinski definition) is 1. The predicted molar refractivity (Wildman–Crippen MR) is 87.3 cm³/mol. The molecule has 2 rings (SSSR count). The molecule has 1 amide bonds. The van der Waals surface area contributed by atoms with Gasteiger partial charge < -0.3 is 0 Å². The van der Waals surface area contributed by atoms with Gasteiger partial charge in [-0.3, -0.25) is 10.1 Å². The van der Waals surface area contributed by atoms with Crippen molar-refractivity contribution in [2.24, 2.45) is 5.92 Å². The summed E-state index contributed by atoms with van der Waals surface area (Å²) in [5, 5.41) is 12.3. The molecule has 0 fully saturated rings. The second-order valence-electron chi connectivity index (χ2n) is 5.33. The van der Waals surface area contributed by atoms with Crippen LogP contribution < -0.4 is 5.32 Å². The molecule has 21 heavy (non-hydrogen) atoms. The molecular formula is C16H19N3OS. The molecule has 0 aliphatic heterocycles. The minimum atomic E-state index is -0.192. The Hall–Kier alpha value is -2.01. The summed E-state index contributed by atoms with van der Waals surface area (Å²) in [6, 6.07) is 7.98. The van der Waals surface area contributed by atoms with Gasteiger partial charge in [-0.2, -0.15) is 0 Å². The molecule has 1 aromatic carbocycles. The van der Waals surface area contributed by atoms with Crippen molar-refractivity contribution in [3.05, 3.63) is 46.5 Å². The highest BCUT2D eigenvalue weighted by molar-refractivity contribution is 7.15. The van der Waals surface area contributed by atoms with Crippen LogP contribution in [0.3, 0.4) is 0 Å². The molecule has 2 aromatic rings. The van der Waals surface area contributed by atoms with E-state index in [1.54, 1.807) is 6.08 Å². The number of benzene rings is 1. The molecule has 110 valence electrons. The van der Waals surface area contributed by atoms with Crippen molar-refractivity contribution in [1.82, 2.24) is 10.2 Å². The number of aromatic nitrogens is 2. The lowest BCUT2D eigenvalue weighted by molar-refractivity contribution is -0.111. The van der Waals surface area contributed by atoms with Gasteiger partial charge in [0, 0.05) is 12.5 Å². The summed E-state index contributed by atoms with van der Waals surface area (Å²) >= 11 is 1.43. The van der Waals surface area contributed by atoms with Crippen molar-refractivity contribution in [3.63, 3.8) is 0 Å². The van der Waals surface area contributed by atoms with E-state index in [4.69, 9.17) is 0 Å². The maximum absolute atomic E-state index is 11.8. The molecule has 4 nitrogen and oxygen atoms in total. The van der Waals surface area contributed by atoms with Crippen LogP contribution in [0.25, 0.3) is 6.08 Å². The largest absolute Gasteiger partial charge is 0.297 e. The molecule has 1 aromatic heterocycles. The number of hydrogen-bond acceptors (Lipinski definition) is 4. The highest BCUT2D eigenvalue weighted by atomic mass is 32.1. The molecule has 0 aliphatic rings. The van der Waals surface area contributed by atoms with Gasteiger partial charge in [0.1, 0.15) is 5.01 Å². The van der Waals surface area contributed by atoms with Gasteiger partial charge in [0.25, 0.3) is 0 Å². The summed E-state index contributed by atoms with van der Waals surface area (Å²) in [5.41, 5.74) is 2.19. The zero-order valence-electron chi connectivity index (χ0n) is 12.5. The molecule has 0 aliphatic carbocycles. The third kappa shape index (κ3) is 5.11. The Morgan fingerprint density at radius 3 is 2.67 bits per heavy atom. The van der Waals surface area contributed by atoms with Crippen molar-refractivity contribution in [2.45, 2.75) is 27.2 Å². The van der Waals surface area contributed by atoms with E-state index < -0.39 is 0 Å². The summed E-state index contributed by atoms with van der Waals surface area (Å²) in [6.07, 6.45) is 4.17. The minimum absolute atomic E-state index is 0.192. The first-order chi connectivity index (χ1) is 10.0. The number of nitrogens with zero attached hydrogens (tertiary/aromatic N) is 2. The molecule has 0 saturated carbocycles. The van der Waals surface area contributed by atoms with Crippen LogP contribution >= 0.6 is 11.3 Å². The van der Waals surface area contributed by atoms with E-state index in [0.717, 1.165) is 17.0 Å². The van der Waals surface area contributed by atoms with Gasteiger partial charge in [0.15, 0.2) is 0 Å². The minimum Gasteiger partial charge on any atom is -0.297 e. The van der Waals surface area contributed by atoms with Gasteiger partial charge >= 0.3 is 0 Å². The second kappa shape index (κ2) is 7.13. The van der Waals surface area contributed by atoms with E-state index in [9.17, 15) is 4.79 Å². The van der Waals surface area contributed by atoms with E-state index in [1.807, 2.05) is 31.2 Å². The summed E-state index contributed by atoms with van der Waals surface area (Å²) in [5.74, 6) is 0.339. The first kappa shape index (κ1) is 15.4. The van der Waals surface area contributed by atoms with Crippen LogP contribution in [0.5, 0.6) is 0 Å². The van der Waals surface area contributed by atoms with E-state index in [-0.39, 0.29) is 5.91 Å². The Morgan fingerprint density at radius 1 is 1.29 bits per heavy atom. The summed E-state index contributed by atoms with van der Waals surface area (Å²) < 4.78 is 0. The number of rotatable bonds is 5. The lowest BCUT2D eigenvalue weighted by atomic mass is 10.1. The molecular weight excluding hydrogens is 282 g/mol. The summed E-state index contributed by atoms with van der Waals surface area (Å²) in [6.45, 7) is 6.29. The summed E-state index contributed by atoms with van der Waals surface area (Å²) in [4.78, 5) is 11.8. The van der Waals surface area contributed by atoms with Crippen molar-refractivity contribution >= 4 is 28.5 Å². The molecule has 0 radical (unpaired) electrons. The van der Waals surface area contributed by atoms with Crippen molar-refractivity contribution < 1.29 is 4.79 Å². The maximum atomic E-state index is 11.8. The normalized spacial score (nSPS) is 11.2. The molecule has 0 saturated heterocycles. The summed E-state index contributed by atoms with van der Waals surface area (Å²) in [7, 11) is 0. The van der Waals surface area contributed by atoms with E-state index >= 15 is 0 Å². The zero-order valence-corrected chi connectivity index (χ0v) is 13.3. The molecule has 0 atom stereocenters. The average Bonchev–Trinajstić information content (AvgIpc) is 2.84. The third-order valence-corrected chi connectivity index (χ3v) is 3.65. The monoisotopic (exact) mass is 301 g/mol. The highest BCUT2D eigenvalue weighted by Gasteiger charge is 2.07. The van der Waals surface area contributed by atoms with E-state index in [2.05, 4.69) is 29.4 Å². The first-order valence-corrected chi connectivity index (χ1v) is 7.72. The molecule has 0 unspecified atom stereocenters.